The minimum absolute atomic E-state index is 0.0935. The van der Waals surface area contributed by atoms with Crippen molar-refractivity contribution in [3.63, 3.8) is 0 Å². The molecule has 0 saturated carbocycles. The van der Waals surface area contributed by atoms with Gasteiger partial charge in [-0.25, -0.2) is 14.3 Å². The van der Waals surface area contributed by atoms with Crippen LogP contribution < -0.4 is 5.32 Å². The number of ether oxygens (including phenoxy) is 2. The smallest absolute Gasteiger partial charge is 0.361 e. The van der Waals surface area contributed by atoms with Crippen molar-refractivity contribution in [3.8, 4) is 0 Å². The molecule has 144 valence electrons. The lowest BCUT2D eigenvalue weighted by molar-refractivity contribution is -0.119. The van der Waals surface area contributed by atoms with Gasteiger partial charge in [0.2, 0.25) is 11.6 Å². The van der Waals surface area contributed by atoms with E-state index in [9.17, 15) is 14.4 Å². The van der Waals surface area contributed by atoms with E-state index in [2.05, 4.69) is 15.6 Å². The summed E-state index contributed by atoms with van der Waals surface area (Å²) in [5, 5.41) is 10.3. The zero-order chi connectivity index (χ0) is 20.0. The number of hydrogen-bond acceptors (Lipinski definition) is 7. The standard InChI is InChI=1S/C18H22N4O5/c1-5-26-17(24)14-15(18(25)27-6-2)22(21-20-14)12(4)16(23)19-13-9-7-11(3)8-10-13/h7-10,12H,5-6H2,1-4H3,(H,19,23). The quantitative estimate of drug-likeness (QED) is 0.739. The maximum Gasteiger partial charge on any atom is 0.361 e. The van der Waals surface area contributed by atoms with Crippen molar-refractivity contribution in [3.05, 3.63) is 41.2 Å². The molecule has 1 atom stereocenters. The van der Waals surface area contributed by atoms with E-state index in [-0.39, 0.29) is 24.6 Å². The number of hydrogen-bond donors (Lipinski definition) is 1. The zero-order valence-electron chi connectivity index (χ0n) is 15.7. The molecule has 1 heterocycles. The third-order valence-electron chi connectivity index (χ3n) is 3.70. The lowest BCUT2D eigenvalue weighted by Gasteiger charge is -2.14. The Kier molecular flexibility index (Phi) is 6.64. The number of nitrogens with one attached hydrogen (secondary N) is 1. The van der Waals surface area contributed by atoms with Gasteiger partial charge in [-0.2, -0.15) is 0 Å². The number of nitrogens with zero attached hydrogens (tertiary/aromatic N) is 3. The van der Waals surface area contributed by atoms with Gasteiger partial charge < -0.3 is 14.8 Å². The molecule has 0 aliphatic rings. The van der Waals surface area contributed by atoms with Crippen LogP contribution in [-0.4, -0.2) is 46.1 Å². The second-order valence-corrected chi connectivity index (χ2v) is 5.70. The fraction of sp³-hybridized carbons (Fsp3) is 0.389. The van der Waals surface area contributed by atoms with Crippen molar-refractivity contribution >= 4 is 23.5 Å². The minimum Gasteiger partial charge on any atom is -0.461 e. The van der Waals surface area contributed by atoms with E-state index in [0.717, 1.165) is 10.2 Å². The second kappa shape index (κ2) is 8.93. The molecular weight excluding hydrogens is 352 g/mol. The van der Waals surface area contributed by atoms with Crippen LogP contribution in [0.1, 0.15) is 53.4 Å². The normalized spacial score (nSPS) is 11.6. The van der Waals surface area contributed by atoms with Crippen LogP contribution in [0.5, 0.6) is 0 Å². The van der Waals surface area contributed by atoms with Gasteiger partial charge in [-0.05, 0) is 39.8 Å². The lowest BCUT2D eigenvalue weighted by atomic mass is 10.2. The highest BCUT2D eigenvalue weighted by Gasteiger charge is 2.31. The van der Waals surface area contributed by atoms with E-state index in [4.69, 9.17) is 9.47 Å². The highest BCUT2D eigenvalue weighted by Crippen LogP contribution is 2.17. The summed E-state index contributed by atoms with van der Waals surface area (Å²) in [6.07, 6.45) is 0. The Morgan fingerprint density at radius 2 is 1.67 bits per heavy atom. The van der Waals surface area contributed by atoms with E-state index < -0.39 is 23.9 Å². The first-order valence-electron chi connectivity index (χ1n) is 8.55. The van der Waals surface area contributed by atoms with Crippen molar-refractivity contribution in [1.82, 2.24) is 15.0 Å². The Balaban J connectivity index is 2.31. The van der Waals surface area contributed by atoms with Crippen molar-refractivity contribution < 1.29 is 23.9 Å². The van der Waals surface area contributed by atoms with E-state index >= 15 is 0 Å². The highest BCUT2D eigenvalue weighted by molar-refractivity contribution is 6.01. The number of anilines is 1. The molecule has 0 saturated heterocycles. The predicted octanol–water partition coefficient (Wildman–Crippen LogP) is 2.14. The Morgan fingerprint density at radius 3 is 2.26 bits per heavy atom. The number of carbonyl (C=O) groups is 3. The Bertz CT molecular complexity index is 829. The average molecular weight is 374 g/mol. The topological polar surface area (TPSA) is 112 Å². The molecule has 0 fully saturated rings. The van der Waals surface area contributed by atoms with E-state index in [0.29, 0.717) is 5.69 Å². The first kappa shape index (κ1) is 20.1. The second-order valence-electron chi connectivity index (χ2n) is 5.70. The molecule has 1 amide bonds. The van der Waals surface area contributed by atoms with Gasteiger partial charge in [0, 0.05) is 5.69 Å². The summed E-state index contributed by atoms with van der Waals surface area (Å²) >= 11 is 0. The molecule has 27 heavy (non-hydrogen) atoms. The molecule has 1 unspecified atom stereocenters. The number of aryl methyl sites for hydroxylation is 1. The summed E-state index contributed by atoms with van der Waals surface area (Å²) in [5.74, 6) is -2.04. The van der Waals surface area contributed by atoms with Crippen molar-refractivity contribution in [1.29, 1.82) is 0 Å². The van der Waals surface area contributed by atoms with Gasteiger partial charge >= 0.3 is 11.9 Å². The van der Waals surface area contributed by atoms with Gasteiger partial charge in [-0.3, -0.25) is 4.79 Å². The summed E-state index contributed by atoms with van der Waals surface area (Å²) in [6, 6.07) is 6.33. The Hall–Kier alpha value is -3.23. The molecular formula is C18H22N4O5. The number of esters is 2. The van der Waals surface area contributed by atoms with Crippen LogP contribution in [-0.2, 0) is 14.3 Å². The van der Waals surface area contributed by atoms with Crippen LogP contribution in [0, 0.1) is 6.92 Å². The van der Waals surface area contributed by atoms with Crippen LogP contribution >= 0.6 is 0 Å². The maximum absolute atomic E-state index is 12.6. The highest BCUT2D eigenvalue weighted by atomic mass is 16.5. The van der Waals surface area contributed by atoms with Gasteiger partial charge in [-0.15, -0.1) is 5.10 Å². The Labute approximate surface area is 156 Å². The van der Waals surface area contributed by atoms with Crippen LogP contribution in [0.15, 0.2) is 24.3 Å². The van der Waals surface area contributed by atoms with Crippen molar-refractivity contribution in [2.45, 2.75) is 33.7 Å². The molecule has 1 aromatic carbocycles. The first-order chi connectivity index (χ1) is 12.9. The van der Waals surface area contributed by atoms with Crippen LogP contribution in [0.4, 0.5) is 5.69 Å². The third-order valence-corrected chi connectivity index (χ3v) is 3.70. The molecule has 0 aliphatic heterocycles. The molecule has 1 aromatic heterocycles. The van der Waals surface area contributed by atoms with Gasteiger partial charge in [0.15, 0.2) is 5.69 Å². The van der Waals surface area contributed by atoms with E-state index in [1.165, 1.54) is 6.92 Å². The molecule has 2 aromatic rings. The third kappa shape index (κ3) is 4.69. The zero-order valence-corrected chi connectivity index (χ0v) is 15.7. The van der Waals surface area contributed by atoms with Gasteiger partial charge in [-0.1, -0.05) is 22.9 Å². The molecule has 0 spiro atoms. The number of aromatic nitrogens is 3. The molecule has 0 aliphatic carbocycles. The van der Waals surface area contributed by atoms with E-state index in [1.54, 1.807) is 26.0 Å². The van der Waals surface area contributed by atoms with Gasteiger partial charge in [0.1, 0.15) is 6.04 Å². The lowest BCUT2D eigenvalue weighted by Crippen LogP contribution is -2.28. The monoisotopic (exact) mass is 374 g/mol. The van der Waals surface area contributed by atoms with Crippen LogP contribution in [0.25, 0.3) is 0 Å². The molecule has 1 N–H and O–H groups in total. The summed E-state index contributed by atoms with van der Waals surface area (Å²) in [4.78, 5) is 36.9. The summed E-state index contributed by atoms with van der Waals surface area (Å²) in [5.41, 5.74) is 1.15. The molecule has 9 nitrogen and oxygen atoms in total. The minimum atomic E-state index is -0.915. The van der Waals surface area contributed by atoms with Gasteiger partial charge in [0.05, 0.1) is 13.2 Å². The SMILES string of the molecule is CCOC(=O)c1nnn(C(C)C(=O)Nc2ccc(C)cc2)c1C(=O)OCC. The number of carbonyl (C=O) groups excluding carboxylic acids is 3. The first-order valence-corrected chi connectivity index (χ1v) is 8.55. The van der Waals surface area contributed by atoms with E-state index in [1.807, 2.05) is 19.1 Å². The number of amides is 1. The summed E-state index contributed by atoms with van der Waals surface area (Å²) in [6.45, 7) is 6.93. The fourth-order valence-corrected chi connectivity index (χ4v) is 2.29. The number of benzene rings is 1. The average Bonchev–Trinajstić information content (AvgIpc) is 3.08. The maximum atomic E-state index is 12.6. The van der Waals surface area contributed by atoms with Gasteiger partial charge in [0.25, 0.3) is 0 Å². The van der Waals surface area contributed by atoms with Crippen LogP contribution in [0.3, 0.4) is 0 Å². The summed E-state index contributed by atoms with van der Waals surface area (Å²) in [7, 11) is 0. The number of rotatable bonds is 7. The molecule has 0 radical (unpaired) electrons. The predicted molar refractivity (Wildman–Crippen MR) is 96.5 cm³/mol. The van der Waals surface area contributed by atoms with Crippen molar-refractivity contribution in [2.75, 3.05) is 18.5 Å². The van der Waals surface area contributed by atoms with Crippen molar-refractivity contribution in [2.24, 2.45) is 0 Å². The molecule has 9 heteroatoms. The largest absolute Gasteiger partial charge is 0.461 e. The molecule has 2 rings (SSSR count). The Morgan fingerprint density at radius 1 is 1.07 bits per heavy atom. The van der Waals surface area contributed by atoms with Crippen LogP contribution in [0.2, 0.25) is 0 Å². The fourth-order valence-electron chi connectivity index (χ4n) is 2.29. The molecule has 0 bridgehead atoms. The summed E-state index contributed by atoms with van der Waals surface area (Å²) < 4.78 is 10.9.